The standard InChI is InChI=1S/C12H13ClN2S/c13-8-5-6-10-11(7-8)15(12(16)14-10)9-3-1-2-4-9/h5-7,9H,1-4H2,(H,14,16). The van der Waals surface area contributed by atoms with E-state index in [1.54, 1.807) is 0 Å². The van der Waals surface area contributed by atoms with Crippen molar-refractivity contribution in [2.45, 2.75) is 31.7 Å². The Labute approximate surface area is 104 Å². The topological polar surface area (TPSA) is 20.7 Å². The van der Waals surface area contributed by atoms with E-state index < -0.39 is 0 Å². The highest BCUT2D eigenvalue weighted by Gasteiger charge is 2.19. The number of H-pyrrole nitrogens is 1. The first-order valence-electron chi connectivity index (χ1n) is 5.65. The Morgan fingerprint density at radius 1 is 1.31 bits per heavy atom. The summed E-state index contributed by atoms with van der Waals surface area (Å²) in [4.78, 5) is 3.25. The molecule has 2 aromatic rings. The molecule has 1 aliphatic carbocycles. The van der Waals surface area contributed by atoms with Crippen molar-refractivity contribution in [3.8, 4) is 0 Å². The Morgan fingerprint density at radius 2 is 2.06 bits per heavy atom. The number of nitrogens with one attached hydrogen (secondary N) is 1. The van der Waals surface area contributed by atoms with Crippen LogP contribution < -0.4 is 0 Å². The number of hydrogen-bond acceptors (Lipinski definition) is 1. The number of rotatable bonds is 1. The Hall–Kier alpha value is -0.800. The first-order chi connectivity index (χ1) is 7.75. The minimum absolute atomic E-state index is 0.555. The fourth-order valence-corrected chi connectivity index (χ4v) is 3.14. The zero-order valence-electron chi connectivity index (χ0n) is 8.87. The molecular formula is C12H13ClN2S. The molecule has 0 unspecified atom stereocenters. The summed E-state index contributed by atoms with van der Waals surface area (Å²) in [6, 6.07) is 6.45. The number of fused-ring (bicyclic) bond motifs is 1. The van der Waals surface area contributed by atoms with Crippen molar-refractivity contribution in [3.05, 3.63) is 28.0 Å². The van der Waals surface area contributed by atoms with Crippen molar-refractivity contribution in [2.75, 3.05) is 0 Å². The van der Waals surface area contributed by atoms with Crippen LogP contribution in [0.4, 0.5) is 0 Å². The van der Waals surface area contributed by atoms with Crippen LogP contribution in [0.3, 0.4) is 0 Å². The van der Waals surface area contributed by atoms with Gasteiger partial charge in [-0.2, -0.15) is 0 Å². The van der Waals surface area contributed by atoms with Gasteiger partial charge in [-0.1, -0.05) is 24.4 Å². The van der Waals surface area contributed by atoms with Gasteiger partial charge in [0.15, 0.2) is 4.77 Å². The van der Waals surface area contributed by atoms with Gasteiger partial charge in [0.2, 0.25) is 0 Å². The molecule has 1 aromatic carbocycles. The summed E-state index contributed by atoms with van der Waals surface area (Å²) in [5.41, 5.74) is 2.23. The van der Waals surface area contributed by atoms with Gasteiger partial charge in [-0.15, -0.1) is 0 Å². The van der Waals surface area contributed by atoms with Crippen LogP contribution in [0.5, 0.6) is 0 Å². The zero-order valence-corrected chi connectivity index (χ0v) is 10.4. The van der Waals surface area contributed by atoms with E-state index in [1.807, 2.05) is 18.2 Å². The van der Waals surface area contributed by atoms with Crippen molar-refractivity contribution in [2.24, 2.45) is 0 Å². The van der Waals surface area contributed by atoms with Crippen molar-refractivity contribution < 1.29 is 0 Å². The molecule has 0 bridgehead atoms. The van der Waals surface area contributed by atoms with Crippen molar-refractivity contribution in [1.29, 1.82) is 0 Å². The number of nitrogens with zero attached hydrogens (tertiary/aromatic N) is 1. The van der Waals surface area contributed by atoms with Crippen LogP contribution in [0, 0.1) is 4.77 Å². The highest BCUT2D eigenvalue weighted by molar-refractivity contribution is 7.71. The molecule has 1 aromatic heterocycles. The molecule has 0 aliphatic heterocycles. The highest BCUT2D eigenvalue weighted by Crippen LogP contribution is 2.33. The second kappa shape index (κ2) is 3.90. The quantitative estimate of drug-likeness (QED) is 0.743. The number of imidazole rings is 1. The second-order valence-electron chi connectivity index (χ2n) is 4.40. The Balaban J connectivity index is 2.25. The van der Waals surface area contributed by atoms with Gasteiger partial charge in [-0.25, -0.2) is 0 Å². The van der Waals surface area contributed by atoms with E-state index in [1.165, 1.54) is 25.7 Å². The molecule has 1 N–H and O–H groups in total. The van der Waals surface area contributed by atoms with Gasteiger partial charge in [0.05, 0.1) is 11.0 Å². The number of halogens is 1. The zero-order chi connectivity index (χ0) is 11.1. The van der Waals surface area contributed by atoms with E-state index in [-0.39, 0.29) is 0 Å². The van der Waals surface area contributed by atoms with Crippen LogP contribution in [0.15, 0.2) is 18.2 Å². The highest BCUT2D eigenvalue weighted by atomic mass is 35.5. The molecule has 0 spiro atoms. The van der Waals surface area contributed by atoms with Crippen molar-refractivity contribution >= 4 is 34.9 Å². The van der Waals surface area contributed by atoms with E-state index in [0.717, 1.165) is 20.8 Å². The van der Waals surface area contributed by atoms with Gasteiger partial charge in [-0.05, 0) is 43.3 Å². The predicted octanol–water partition coefficient (Wildman–Crippen LogP) is 4.47. The molecule has 1 aliphatic rings. The largest absolute Gasteiger partial charge is 0.331 e. The van der Waals surface area contributed by atoms with Gasteiger partial charge in [0.1, 0.15) is 0 Å². The maximum Gasteiger partial charge on any atom is 0.178 e. The molecule has 0 radical (unpaired) electrons. The molecule has 0 atom stereocenters. The van der Waals surface area contributed by atoms with Crippen LogP contribution in [0.2, 0.25) is 5.02 Å². The average molecular weight is 253 g/mol. The molecule has 0 amide bonds. The maximum absolute atomic E-state index is 6.05. The van der Waals surface area contributed by atoms with Crippen molar-refractivity contribution in [3.63, 3.8) is 0 Å². The summed E-state index contributed by atoms with van der Waals surface area (Å²) in [6.45, 7) is 0. The molecule has 84 valence electrons. The summed E-state index contributed by atoms with van der Waals surface area (Å²) in [6.07, 6.45) is 5.07. The summed E-state index contributed by atoms with van der Waals surface area (Å²) in [5, 5.41) is 0.772. The van der Waals surface area contributed by atoms with Crippen LogP contribution in [-0.2, 0) is 0 Å². The van der Waals surface area contributed by atoms with Crippen molar-refractivity contribution in [1.82, 2.24) is 9.55 Å². The molecule has 0 saturated heterocycles. The van der Waals surface area contributed by atoms with Crippen LogP contribution in [-0.4, -0.2) is 9.55 Å². The third-order valence-corrected chi connectivity index (χ3v) is 3.90. The minimum atomic E-state index is 0.555. The summed E-state index contributed by atoms with van der Waals surface area (Å²) in [5.74, 6) is 0. The van der Waals surface area contributed by atoms with Gasteiger partial charge in [-0.3, -0.25) is 0 Å². The molecule has 16 heavy (non-hydrogen) atoms. The van der Waals surface area contributed by atoms with Crippen LogP contribution in [0.1, 0.15) is 31.7 Å². The normalized spacial score (nSPS) is 17.3. The monoisotopic (exact) mass is 252 g/mol. The second-order valence-corrected chi connectivity index (χ2v) is 5.22. The van der Waals surface area contributed by atoms with E-state index in [0.29, 0.717) is 6.04 Å². The fraction of sp³-hybridized carbons (Fsp3) is 0.417. The van der Waals surface area contributed by atoms with Gasteiger partial charge in [0, 0.05) is 11.1 Å². The lowest BCUT2D eigenvalue weighted by molar-refractivity contribution is 0.526. The summed E-state index contributed by atoms with van der Waals surface area (Å²) in [7, 11) is 0. The number of benzene rings is 1. The lowest BCUT2D eigenvalue weighted by Crippen LogP contribution is -2.04. The Morgan fingerprint density at radius 3 is 2.81 bits per heavy atom. The molecule has 3 rings (SSSR count). The van der Waals surface area contributed by atoms with E-state index in [4.69, 9.17) is 23.8 Å². The third kappa shape index (κ3) is 1.59. The first-order valence-corrected chi connectivity index (χ1v) is 6.44. The van der Waals surface area contributed by atoms with E-state index >= 15 is 0 Å². The van der Waals surface area contributed by atoms with Gasteiger partial charge < -0.3 is 9.55 Å². The van der Waals surface area contributed by atoms with E-state index in [9.17, 15) is 0 Å². The lowest BCUT2D eigenvalue weighted by Gasteiger charge is -2.12. The summed E-state index contributed by atoms with van der Waals surface area (Å²) >= 11 is 11.4. The number of aromatic nitrogens is 2. The van der Waals surface area contributed by atoms with Gasteiger partial charge >= 0.3 is 0 Å². The fourth-order valence-electron chi connectivity index (χ4n) is 2.62. The number of aromatic amines is 1. The Kier molecular flexibility index (Phi) is 2.52. The van der Waals surface area contributed by atoms with Crippen LogP contribution >= 0.6 is 23.8 Å². The number of hydrogen-bond donors (Lipinski definition) is 1. The smallest absolute Gasteiger partial charge is 0.178 e. The van der Waals surface area contributed by atoms with Gasteiger partial charge in [0.25, 0.3) is 0 Å². The third-order valence-electron chi connectivity index (χ3n) is 3.37. The first kappa shape index (κ1) is 10.4. The molecular weight excluding hydrogens is 240 g/mol. The molecule has 4 heteroatoms. The average Bonchev–Trinajstić information content (AvgIpc) is 2.83. The molecule has 1 fully saturated rings. The molecule has 2 nitrogen and oxygen atoms in total. The molecule has 1 saturated carbocycles. The summed E-state index contributed by atoms with van der Waals surface area (Å²) < 4.78 is 3.06. The Bertz CT molecular complexity index is 578. The maximum atomic E-state index is 6.05. The van der Waals surface area contributed by atoms with E-state index in [2.05, 4.69) is 9.55 Å². The minimum Gasteiger partial charge on any atom is -0.331 e. The lowest BCUT2D eigenvalue weighted by atomic mass is 10.2. The van der Waals surface area contributed by atoms with Crippen LogP contribution in [0.25, 0.3) is 11.0 Å². The predicted molar refractivity (Wildman–Crippen MR) is 69.6 cm³/mol. The molecule has 1 heterocycles. The SMILES string of the molecule is S=c1[nH]c2ccc(Cl)cc2n1C1CCCC1.